The van der Waals surface area contributed by atoms with Gasteiger partial charge in [-0.1, -0.05) is 90.4 Å². The maximum Gasteiger partial charge on any atom is 0.127 e. The third kappa shape index (κ3) is 11.6. The van der Waals surface area contributed by atoms with Crippen molar-refractivity contribution in [2.45, 2.75) is 109 Å². The highest BCUT2D eigenvalue weighted by molar-refractivity contribution is 5.57. The Hall–Kier alpha value is -0.570. The van der Waals surface area contributed by atoms with Crippen LogP contribution >= 0.6 is 0 Å². The molecular formula is C20H40N2O. The second kappa shape index (κ2) is 15.0. The van der Waals surface area contributed by atoms with Crippen LogP contribution in [0.4, 0.5) is 0 Å². The fraction of sp³-hybridized carbons (Fsp3) is 0.950. The quantitative estimate of drug-likeness (QED) is 0.379. The van der Waals surface area contributed by atoms with Gasteiger partial charge in [-0.2, -0.15) is 0 Å². The summed E-state index contributed by atoms with van der Waals surface area (Å²) >= 11 is 0. The van der Waals surface area contributed by atoms with E-state index in [1.807, 2.05) is 4.90 Å². The van der Waals surface area contributed by atoms with Gasteiger partial charge in [-0.05, 0) is 12.8 Å². The van der Waals surface area contributed by atoms with E-state index >= 15 is 0 Å². The van der Waals surface area contributed by atoms with Gasteiger partial charge in [0.2, 0.25) is 0 Å². The van der Waals surface area contributed by atoms with Crippen LogP contribution in [0.5, 0.6) is 0 Å². The number of unbranched alkanes of at least 4 members (excludes halogenated alkanes) is 13. The lowest BCUT2D eigenvalue weighted by atomic mass is 10.0. The van der Waals surface area contributed by atoms with Crippen molar-refractivity contribution in [2.24, 2.45) is 4.99 Å². The van der Waals surface area contributed by atoms with Crippen LogP contribution in [0.1, 0.15) is 103 Å². The minimum absolute atomic E-state index is 0.307. The molecule has 1 unspecified atom stereocenters. The molecule has 0 spiro atoms. The monoisotopic (exact) mass is 324 g/mol. The smallest absolute Gasteiger partial charge is 0.127 e. The van der Waals surface area contributed by atoms with Crippen LogP contribution in [0, 0.1) is 0 Å². The number of aliphatic hydroxyl groups is 1. The topological polar surface area (TPSA) is 35.8 Å². The molecule has 0 radical (unpaired) electrons. The zero-order chi connectivity index (χ0) is 16.6. The van der Waals surface area contributed by atoms with Crippen molar-refractivity contribution in [1.82, 2.24) is 4.90 Å². The Morgan fingerprint density at radius 2 is 1.30 bits per heavy atom. The summed E-state index contributed by atoms with van der Waals surface area (Å²) in [6.45, 7) is 4.01. The van der Waals surface area contributed by atoms with E-state index in [1.165, 1.54) is 83.5 Å². The van der Waals surface area contributed by atoms with Crippen LogP contribution in [0.25, 0.3) is 0 Å². The Morgan fingerprint density at radius 3 is 1.74 bits per heavy atom. The van der Waals surface area contributed by atoms with Gasteiger partial charge in [0.15, 0.2) is 0 Å². The molecule has 1 rings (SSSR count). The summed E-state index contributed by atoms with van der Waals surface area (Å²) in [6, 6.07) is 0. The number of aliphatic imine (C=N–C) groups is 1. The molecule has 1 N–H and O–H groups in total. The SMILES string of the molecule is CCCCCCCCCCCCCCCCC(O)N1C=NCC1. The first kappa shape index (κ1) is 20.5. The number of rotatable bonds is 16. The van der Waals surface area contributed by atoms with E-state index in [0.717, 1.165) is 25.9 Å². The Morgan fingerprint density at radius 1 is 0.826 bits per heavy atom. The van der Waals surface area contributed by atoms with Crippen molar-refractivity contribution in [1.29, 1.82) is 0 Å². The van der Waals surface area contributed by atoms with Crippen molar-refractivity contribution >= 4 is 6.34 Å². The lowest BCUT2D eigenvalue weighted by Gasteiger charge is -2.21. The number of nitrogens with zero attached hydrogens (tertiary/aromatic N) is 2. The average molecular weight is 325 g/mol. The molecule has 23 heavy (non-hydrogen) atoms. The molecule has 0 bridgehead atoms. The summed E-state index contributed by atoms with van der Waals surface area (Å²) in [5.41, 5.74) is 0. The number of hydrogen-bond donors (Lipinski definition) is 1. The highest BCUT2D eigenvalue weighted by Crippen LogP contribution is 2.14. The molecule has 3 heteroatoms. The molecule has 0 saturated carbocycles. The highest BCUT2D eigenvalue weighted by atomic mass is 16.3. The van der Waals surface area contributed by atoms with E-state index in [0.29, 0.717) is 0 Å². The molecule has 0 aromatic heterocycles. The fourth-order valence-electron chi connectivity index (χ4n) is 3.31. The van der Waals surface area contributed by atoms with Gasteiger partial charge in [-0.15, -0.1) is 0 Å². The molecule has 0 fully saturated rings. The van der Waals surface area contributed by atoms with E-state index in [1.54, 1.807) is 6.34 Å². The van der Waals surface area contributed by atoms with Crippen LogP contribution < -0.4 is 0 Å². The maximum absolute atomic E-state index is 9.97. The number of hydrogen-bond acceptors (Lipinski definition) is 3. The third-order valence-corrected chi connectivity index (χ3v) is 4.92. The fourth-order valence-corrected chi connectivity index (χ4v) is 3.31. The Labute approximate surface area is 144 Å². The first-order valence-electron chi connectivity index (χ1n) is 10.3. The summed E-state index contributed by atoms with van der Waals surface area (Å²) in [4.78, 5) is 6.11. The minimum Gasteiger partial charge on any atom is -0.374 e. The molecule has 1 aliphatic rings. The molecule has 0 aliphatic carbocycles. The molecule has 1 atom stereocenters. The van der Waals surface area contributed by atoms with Crippen molar-refractivity contribution in [3.63, 3.8) is 0 Å². The highest BCUT2D eigenvalue weighted by Gasteiger charge is 2.14. The lowest BCUT2D eigenvalue weighted by Crippen LogP contribution is -2.32. The van der Waals surface area contributed by atoms with Crippen molar-refractivity contribution in [2.75, 3.05) is 13.1 Å². The van der Waals surface area contributed by atoms with Crippen molar-refractivity contribution < 1.29 is 5.11 Å². The molecule has 0 amide bonds. The summed E-state index contributed by atoms with van der Waals surface area (Å²) in [6.07, 6.45) is 21.7. The van der Waals surface area contributed by atoms with Crippen molar-refractivity contribution in [3.05, 3.63) is 0 Å². The van der Waals surface area contributed by atoms with E-state index in [4.69, 9.17) is 0 Å². The largest absolute Gasteiger partial charge is 0.374 e. The van der Waals surface area contributed by atoms with Gasteiger partial charge in [0, 0.05) is 6.54 Å². The molecule has 0 aromatic rings. The van der Waals surface area contributed by atoms with Crippen molar-refractivity contribution in [3.8, 4) is 0 Å². The summed E-state index contributed by atoms with van der Waals surface area (Å²) in [5, 5.41) is 9.97. The molecule has 1 aliphatic heterocycles. The van der Waals surface area contributed by atoms with Gasteiger partial charge in [0.25, 0.3) is 0 Å². The molecule has 0 saturated heterocycles. The van der Waals surface area contributed by atoms with Crippen LogP contribution in [0.2, 0.25) is 0 Å². The molecule has 3 nitrogen and oxygen atoms in total. The predicted octanol–water partition coefficient (Wildman–Crippen LogP) is 5.52. The first-order chi connectivity index (χ1) is 11.3. The Balaban J connectivity index is 1.72. The van der Waals surface area contributed by atoms with E-state index in [-0.39, 0.29) is 6.23 Å². The van der Waals surface area contributed by atoms with Crippen LogP contribution in [-0.2, 0) is 0 Å². The van der Waals surface area contributed by atoms with E-state index < -0.39 is 0 Å². The molecular weight excluding hydrogens is 284 g/mol. The average Bonchev–Trinajstić information content (AvgIpc) is 3.09. The van der Waals surface area contributed by atoms with Crippen LogP contribution in [0.3, 0.4) is 0 Å². The zero-order valence-electron chi connectivity index (χ0n) is 15.5. The minimum atomic E-state index is -0.307. The lowest BCUT2D eigenvalue weighted by molar-refractivity contribution is 0.0533. The standard InChI is InChI=1S/C20H40N2O/c1-2-3-4-5-6-7-8-9-10-11-12-13-14-15-16-20(23)22-18-17-21-19-22/h19-20,23H,2-18H2,1H3. The summed E-state index contributed by atoms with van der Waals surface area (Å²) in [7, 11) is 0. The molecule has 1 heterocycles. The van der Waals surface area contributed by atoms with Gasteiger partial charge in [0.05, 0.1) is 12.9 Å². The van der Waals surface area contributed by atoms with E-state index in [9.17, 15) is 5.11 Å². The predicted molar refractivity (Wildman–Crippen MR) is 101 cm³/mol. The van der Waals surface area contributed by atoms with Gasteiger partial charge in [-0.25, -0.2) is 0 Å². The van der Waals surface area contributed by atoms with Crippen LogP contribution in [0.15, 0.2) is 4.99 Å². The van der Waals surface area contributed by atoms with Gasteiger partial charge >= 0.3 is 0 Å². The molecule has 0 aromatic carbocycles. The normalized spacial score (nSPS) is 15.5. The first-order valence-corrected chi connectivity index (χ1v) is 10.3. The maximum atomic E-state index is 9.97. The second-order valence-corrected chi connectivity index (χ2v) is 7.12. The third-order valence-electron chi connectivity index (χ3n) is 4.92. The van der Waals surface area contributed by atoms with Crippen LogP contribution in [-0.4, -0.2) is 35.7 Å². The summed E-state index contributed by atoms with van der Waals surface area (Å²) < 4.78 is 0. The second-order valence-electron chi connectivity index (χ2n) is 7.12. The van der Waals surface area contributed by atoms with Gasteiger partial charge in [-0.3, -0.25) is 4.99 Å². The van der Waals surface area contributed by atoms with E-state index in [2.05, 4.69) is 11.9 Å². The van der Waals surface area contributed by atoms with Gasteiger partial charge < -0.3 is 10.0 Å². The number of aliphatic hydroxyl groups excluding tert-OH is 1. The Bertz CT molecular complexity index is 281. The summed E-state index contributed by atoms with van der Waals surface area (Å²) in [5.74, 6) is 0. The van der Waals surface area contributed by atoms with Gasteiger partial charge in [0.1, 0.15) is 6.23 Å². The Kier molecular flexibility index (Phi) is 13.3. The zero-order valence-corrected chi connectivity index (χ0v) is 15.5. The molecule has 136 valence electrons.